The standard InChI is InChI=1S/C16H24N2O4/c1-5-13(18-7-6-11(4)9-14(18)19)15(20)17-12(16(21)22)8-10(2)3/h6-7,9-10,12-13H,5,8H2,1-4H3,(H,17,20)(H,21,22). The van der Waals surface area contributed by atoms with Crippen molar-refractivity contribution in [1.29, 1.82) is 0 Å². The van der Waals surface area contributed by atoms with E-state index in [0.29, 0.717) is 12.8 Å². The summed E-state index contributed by atoms with van der Waals surface area (Å²) < 4.78 is 1.34. The number of pyridine rings is 1. The molecule has 122 valence electrons. The van der Waals surface area contributed by atoms with Crippen LogP contribution in [0.15, 0.2) is 23.1 Å². The highest BCUT2D eigenvalue weighted by Crippen LogP contribution is 2.12. The van der Waals surface area contributed by atoms with Crippen molar-refractivity contribution in [3.8, 4) is 0 Å². The van der Waals surface area contributed by atoms with E-state index < -0.39 is 24.0 Å². The Kier molecular flexibility index (Phi) is 6.34. The second-order valence-corrected chi connectivity index (χ2v) is 5.90. The smallest absolute Gasteiger partial charge is 0.326 e. The zero-order chi connectivity index (χ0) is 16.9. The molecule has 0 spiro atoms. The maximum Gasteiger partial charge on any atom is 0.326 e. The van der Waals surface area contributed by atoms with Crippen molar-refractivity contribution >= 4 is 11.9 Å². The van der Waals surface area contributed by atoms with Gasteiger partial charge in [0.25, 0.3) is 5.56 Å². The van der Waals surface area contributed by atoms with Crippen molar-refractivity contribution in [3.05, 3.63) is 34.2 Å². The summed E-state index contributed by atoms with van der Waals surface area (Å²) in [6, 6.07) is 1.56. The van der Waals surface area contributed by atoms with Crippen LogP contribution in [0.25, 0.3) is 0 Å². The van der Waals surface area contributed by atoms with Gasteiger partial charge in [0.2, 0.25) is 5.91 Å². The number of carboxylic acids is 1. The maximum atomic E-state index is 12.4. The number of amides is 1. The third-order valence-electron chi connectivity index (χ3n) is 3.45. The van der Waals surface area contributed by atoms with Crippen LogP contribution < -0.4 is 10.9 Å². The molecule has 6 heteroatoms. The molecule has 2 unspecified atom stereocenters. The van der Waals surface area contributed by atoms with Gasteiger partial charge in [-0.2, -0.15) is 0 Å². The van der Waals surface area contributed by atoms with E-state index in [9.17, 15) is 19.5 Å². The zero-order valence-electron chi connectivity index (χ0n) is 13.5. The predicted octanol–water partition coefficient (Wildman–Crippen LogP) is 1.72. The molecule has 0 saturated carbocycles. The third kappa shape index (κ3) is 4.72. The lowest BCUT2D eigenvalue weighted by Gasteiger charge is -2.22. The number of aliphatic carboxylic acids is 1. The topological polar surface area (TPSA) is 88.4 Å². The molecule has 0 saturated heterocycles. The monoisotopic (exact) mass is 308 g/mol. The Bertz CT molecular complexity index is 592. The highest BCUT2D eigenvalue weighted by Gasteiger charge is 2.26. The first-order chi connectivity index (χ1) is 10.3. The first-order valence-corrected chi connectivity index (χ1v) is 7.48. The minimum Gasteiger partial charge on any atom is -0.480 e. The SMILES string of the molecule is CCC(C(=O)NC(CC(C)C)C(=O)O)n1ccc(C)cc1=O. The lowest BCUT2D eigenvalue weighted by atomic mass is 10.0. The van der Waals surface area contributed by atoms with Gasteiger partial charge in [0.15, 0.2) is 0 Å². The van der Waals surface area contributed by atoms with Gasteiger partial charge in [0, 0.05) is 12.3 Å². The molecular weight excluding hydrogens is 284 g/mol. The van der Waals surface area contributed by atoms with Gasteiger partial charge in [-0.3, -0.25) is 9.59 Å². The Labute approximate surface area is 130 Å². The summed E-state index contributed by atoms with van der Waals surface area (Å²) in [5, 5.41) is 11.7. The van der Waals surface area contributed by atoms with Crippen molar-refractivity contribution in [2.45, 2.75) is 52.6 Å². The quantitative estimate of drug-likeness (QED) is 0.803. The fourth-order valence-electron chi connectivity index (χ4n) is 2.32. The molecule has 1 heterocycles. The Balaban J connectivity index is 2.96. The number of hydrogen-bond donors (Lipinski definition) is 2. The minimum absolute atomic E-state index is 0.142. The normalized spacial score (nSPS) is 13.7. The summed E-state index contributed by atoms with van der Waals surface area (Å²) in [6.45, 7) is 7.37. The summed E-state index contributed by atoms with van der Waals surface area (Å²) >= 11 is 0. The van der Waals surface area contributed by atoms with E-state index in [1.807, 2.05) is 13.8 Å². The molecule has 2 N–H and O–H groups in total. The second-order valence-electron chi connectivity index (χ2n) is 5.90. The van der Waals surface area contributed by atoms with Crippen LogP contribution in [0, 0.1) is 12.8 Å². The molecular formula is C16H24N2O4. The van der Waals surface area contributed by atoms with Gasteiger partial charge in [-0.25, -0.2) is 4.79 Å². The van der Waals surface area contributed by atoms with Crippen LogP contribution in [0.3, 0.4) is 0 Å². The molecule has 0 bridgehead atoms. The number of rotatable bonds is 7. The molecule has 2 atom stereocenters. The van der Waals surface area contributed by atoms with Gasteiger partial charge in [0.05, 0.1) is 0 Å². The number of carboxylic acid groups (broad SMARTS) is 1. The van der Waals surface area contributed by atoms with Crippen LogP contribution in [-0.2, 0) is 9.59 Å². The average Bonchev–Trinajstić information content (AvgIpc) is 2.40. The molecule has 0 aliphatic heterocycles. The van der Waals surface area contributed by atoms with E-state index in [-0.39, 0.29) is 11.5 Å². The average molecular weight is 308 g/mol. The van der Waals surface area contributed by atoms with Crippen molar-refractivity contribution < 1.29 is 14.7 Å². The van der Waals surface area contributed by atoms with E-state index in [4.69, 9.17) is 0 Å². The molecule has 0 radical (unpaired) electrons. The Hall–Kier alpha value is -2.11. The number of carbonyl (C=O) groups is 2. The number of aryl methyl sites for hydroxylation is 1. The molecule has 22 heavy (non-hydrogen) atoms. The van der Waals surface area contributed by atoms with Crippen molar-refractivity contribution in [2.24, 2.45) is 5.92 Å². The fraction of sp³-hybridized carbons (Fsp3) is 0.562. The molecule has 1 aromatic rings. The van der Waals surface area contributed by atoms with Gasteiger partial charge in [-0.05, 0) is 37.3 Å². The molecule has 0 aromatic carbocycles. The third-order valence-corrected chi connectivity index (χ3v) is 3.45. The van der Waals surface area contributed by atoms with Crippen LogP contribution in [-0.4, -0.2) is 27.6 Å². The lowest BCUT2D eigenvalue weighted by molar-refractivity contribution is -0.142. The lowest BCUT2D eigenvalue weighted by Crippen LogP contribution is -2.46. The Morgan fingerprint density at radius 2 is 2.00 bits per heavy atom. The summed E-state index contributed by atoms with van der Waals surface area (Å²) in [4.78, 5) is 35.6. The van der Waals surface area contributed by atoms with Crippen LogP contribution in [0.5, 0.6) is 0 Å². The fourth-order valence-corrected chi connectivity index (χ4v) is 2.32. The van der Waals surface area contributed by atoms with Gasteiger partial charge in [-0.15, -0.1) is 0 Å². The summed E-state index contributed by atoms with van der Waals surface area (Å²) in [5.41, 5.74) is 0.553. The van der Waals surface area contributed by atoms with Gasteiger partial charge in [0.1, 0.15) is 12.1 Å². The number of hydrogen-bond acceptors (Lipinski definition) is 3. The minimum atomic E-state index is -1.06. The second kappa shape index (κ2) is 7.77. The number of carbonyl (C=O) groups excluding carboxylic acids is 1. The number of aromatic nitrogens is 1. The van der Waals surface area contributed by atoms with Crippen molar-refractivity contribution in [3.63, 3.8) is 0 Å². The summed E-state index contributed by atoms with van der Waals surface area (Å²) in [5.74, 6) is -1.36. The van der Waals surface area contributed by atoms with E-state index >= 15 is 0 Å². The van der Waals surface area contributed by atoms with Crippen LogP contribution >= 0.6 is 0 Å². The molecule has 0 aliphatic rings. The predicted molar refractivity (Wildman–Crippen MR) is 83.8 cm³/mol. The van der Waals surface area contributed by atoms with E-state index in [2.05, 4.69) is 5.32 Å². The summed E-state index contributed by atoms with van der Waals surface area (Å²) in [7, 11) is 0. The Morgan fingerprint density at radius 1 is 1.36 bits per heavy atom. The van der Waals surface area contributed by atoms with E-state index in [1.165, 1.54) is 10.6 Å². The Morgan fingerprint density at radius 3 is 2.45 bits per heavy atom. The molecule has 6 nitrogen and oxygen atoms in total. The number of nitrogens with one attached hydrogen (secondary N) is 1. The first-order valence-electron chi connectivity index (χ1n) is 7.48. The molecule has 1 amide bonds. The van der Waals surface area contributed by atoms with Crippen molar-refractivity contribution in [1.82, 2.24) is 9.88 Å². The molecule has 1 rings (SSSR count). The van der Waals surface area contributed by atoms with Crippen molar-refractivity contribution in [2.75, 3.05) is 0 Å². The van der Waals surface area contributed by atoms with Gasteiger partial charge in [-0.1, -0.05) is 20.8 Å². The molecule has 0 aliphatic carbocycles. The van der Waals surface area contributed by atoms with Gasteiger partial charge < -0.3 is 15.0 Å². The number of nitrogens with zero attached hydrogens (tertiary/aromatic N) is 1. The summed E-state index contributed by atoms with van der Waals surface area (Å²) in [6.07, 6.45) is 2.33. The van der Waals surface area contributed by atoms with E-state index in [1.54, 1.807) is 26.1 Å². The highest BCUT2D eigenvalue weighted by molar-refractivity contribution is 5.85. The highest BCUT2D eigenvalue weighted by atomic mass is 16.4. The van der Waals surface area contributed by atoms with Crippen LogP contribution in [0.4, 0.5) is 0 Å². The molecule has 1 aromatic heterocycles. The first kappa shape index (κ1) is 17.9. The molecule has 0 fully saturated rings. The van der Waals surface area contributed by atoms with E-state index in [0.717, 1.165) is 5.56 Å². The zero-order valence-corrected chi connectivity index (χ0v) is 13.5. The van der Waals surface area contributed by atoms with Crippen LogP contribution in [0.2, 0.25) is 0 Å². The maximum absolute atomic E-state index is 12.4. The van der Waals surface area contributed by atoms with Crippen LogP contribution in [0.1, 0.15) is 45.2 Å². The largest absolute Gasteiger partial charge is 0.480 e. The van der Waals surface area contributed by atoms with Gasteiger partial charge >= 0.3 is 5.97 Å².